The number of H-pyrrole nitrogens is 2. The van der Waals surface area contributed by atoms with Gasteiger partial charge in [-0.05, 0) is 30.3 Å². The first kappa shape index (κ1) is 17.0. The van der Waals surface area contributed by atoms with Gasteiger partial charge in [0.1, 0.15) is 5.52 Å². The average molecular weight is 371 g/mol. The minimum absolute atomic E-state index is 0.195. The van der Waals surface area contributed by atoms with E-state index in [0.29, 0.717) is 33.7 Å². The maximum Gasteiger partial charge on any atom is 0.260 e. The number of aromatic nitrogens is 4. The van der Waals surface area contributed by atoms with Gasteiger partial charge in [0.15, 0.2) is 0 Å². The molecule has 0 aliphatic heterocycles. The van der Waals surface area contributed by atoms with Crippen LogP contribution in [-0.2, 0) is 0 Å². The van der Waals surface area contributed by atoms with Gasteiger partial charge in [-0.15, -0.1) is 0 Å². The van der Waals surface area contributed by atoms with Crippen molar-refractivity contribution in [2.45, 2.75) is 0 Å². The number of amides is 2. The molecule has 4 rings (SSSR count). The van der Waals surface area contributed by atoms with Gasteiger partial charge in [0.25, 0.3) is 11.8 Å². The predicted molar refractivity (Wildman–Crippen MR) is 102 cm³/mol. The zero-order chi connectivity index (χ0) is 19.5. The molecule has 2 aromatic carbocycles. The maximum absolute atomic E-state index is 12.5. The molecule has 0 spiro atoms. The van der Waals surface area contributed by atoms with Crippen LogP contribution >= 0.6 is 0 Å². The zero-order valence-corrected chi connectivity index (χ0v) is 14.4. The number of nitrogens with one attached hydrogen (secondary N) is 4. The number of nitriles is 1. The second-order valence-electron chi connectivity index (χ2n) is 5.83. The van der Waals surface area contributed by atoms with Crippen LogP contribution in [-0.4, -0.2) is 31.8 Å². The Morgan fingerprint density at radius 2 is 1.86 bits per heavy atom. The van der Waals surface area contributed by atoms with E-state index in [1.165, 1.54) is 12.3 Å². The number of hydrogen-bond acceptors (Lipinski definition) is 5. The largest absolute Gasteiger partial charge is 0.331 e. The van der Waals surface area contributed by atoms with Crippen molar-refractivity contribution in [3.63, 3.8) is 0 Å². The van der Waals surface area contributed by atoms with Gasteiger partial charge in [0, 0.05) is 18.0 Å². The zero-order valence-electron chi connectivity index (χ0n) is 14.4. The van der Waals surface area contributed by atoms with E-state index in [0.717, 1.165) is 0 Å². The second-order valence-corrected chi connectivity index (χ2v) is 5.83. The monoisotopic (exact) mass is 371 g/mol. The number of carbonyl (C=O) groups excluding carboxylic acids is 2. The van der Waals surface area contributed by atoms with Crippen molar-refractivity contribution in [2.75, 3.05) is 10.6 Å². The molecule has 2 heterocycles. The van der Waals surface area contributed by atoms with Gasteiger partial charge in [-0.2, -0.15) is 5.26 Å². The number of benzene rings is 2. The van der Waals surface area contributed by atoms with Crippen LogP contribution in [0.3, 0.4) is 0 Å². The van der Waals surface area contributed by atoms with Crippen LogP contribution in [0.2, 0.25) is 0 Å². The van der Waals surface area contributed by atoms with Gasteiger partial charge in [-0.25, -0.2) is 9.97 Å². The lowest BCUT2D eigenvalue weighted by Gasteiger charge is -2.02. The third-order valence-electron chi connectivity index (χ3n) is 3.97. The van der Waals surface area contributed by atoms with Crippen LogP contribution in [0, 0.1) is 11.3 Å². The summed E-state index contributed by atoms with van der Waals surface area (Å²) in [5.74, 6) is -0.284. The molecule has 9 heteroatoms. The van der Waals surface area contributed by atoms with Gasteiger partial charge in [0.2, 0.25) is 11.9 Å². The Balaban J connectivity index is 1.60. The van der Waals surface area contributed by atoms with Crippen LogP contribution < -0.4 is 10.6 Å². The first-order valence-electron chi connectivity index (χ1n) is 8.25. The highest BCUT2D eigenvalue weighted by Gasteiger charge is 2.16. The van der Waals surface area contributed by atoms with Crippen LogP contribution in [0.1, 0.15) is 26.3 Å². The SMILES string of the molecule is N#Cc1cccc(C(=O)Nc2nc3c(C(=O)Nc4ncc[nH]4)cccc3[nH]2)c1. The summed E-state index contributed by atoms with van der Waals surface area (Å²) in [5.41, 5.74) is 2.04. The van der Waals surface area contributed by atoms with Gasteiger partial charge in [-0.3, -0.25) is 20.2 Å². The molecule has 0 unspecified atom stereocenters. The van der Waals surface area contributed by atoms with Crippen molar-refractivity contribution >= 4 is 34.7 Å². The fourth-order valence-corrected chi connectivity index (χ4v) is 2.69. The van der Waals surface area contributed by atoms with E-state index in [4.69, 9.17) is 5.26 Å². The van der Waals surface area contributed by atoms with Crippen molar-refractivity contribution in [1.29, 1.82) is 5.26 Å². The second kappa shape index (κ2) is 7.05. The highest BCUT2D eigenvalue weighted by Crippen LogP contribution is 2.20. The summed E-state index contributed by atoms with van der Waals surface area (Å²) in [5, 5.41) is 14.2. The summed E-state index contributed by atoms with van der Waals surface area (Å²) in [6, 6.07) is 13.4. The number of rotatable bonds is 4. The molecule has 0 aliphatic rings. The van der Waals surface area contributed by atoms with E-state index in [2.05, 4.69) is 30.6 Å². The van der Waals surface area contributed by atoms with E-state index < -0.39 is 5.91 Å². The van der Waals surface area contributed by atoms with E-state index in [9.17, 15) is 9.59 Å². The number of nitrogens with zero attached hydrogens (tertiary/aromatic N) is 3. The normalized spacial score (nSPS) is 10.4. The molecule has 2 aromatic heterocycles. The fourth-order valence-electron chi connectivity index (χ4n) is 2.69. The molecule has 136 valence electrons. The summed E-state index contributed by atoms with van der Waals surface area (Å²) < 4.78 is 0. The molecule has 0 atom stereocenters. The number of hydrogen-bond donors (Lipinski definition) is 4. The molecule has 28 heavy (non-hydrogen) atoms. The number of imidazole rings is 2. The average Bonchev–Trinajstić information content (AvgIpc) is 3.36. The molecular weight excluding hydrogens is 358 g/mol. The Bertz CT molecular complexity index is 1220. The lowest BCUT2D eigenvalue weighted by molar-refractivity contribution is 0.101. The molecule has 0 bridgehead atoms. The minimum atomic E-state index is -0.419. The minimum Gasteiger partial charge on any atom is -0.331 e. The topological polar surface area (TPSA) is 139 Å². The predicted octanol–water partition coefficient (Wildman–Crippen LogP) is 2.66. The summed E-state index contributed by atoms with van der Waals surface area (Å²) in [6.07, 6.45) is 3.12. The standard InChI is InChI=1S/C19H13N7O2/c20-10-11-3-1-4-12(9-11)16(27)25-19-23-14-6-2-5-13(15(14)24-19)17(28)26-18-21-7-8-22-18/h1-9H,(H2,21,22,26,28)(H2,23,24,25,27). The Kier molecular flexibility index (Phi) is 4.28. The highest BCUT2D eigenvalue weighted by atomic mass is 16.2. The van der Waals surface area contributed by atoms with E-state index >= 15 is 0 Å². The third kappa shape index (κ3) is 3.30. The van der Waals surface area contributed by atoms with Crippen molar-refractivity contribution < 1.29 is 9.59 Å². The number of carbonyl (C=O) groups is 2. The number of aromatic amines is 2. The number of para-hydroxylation sites is 1. The first-order chi connectivity index (χ1) is 13.6. The first-order valence-corrected chi connectivity index (χ1v) is 8.25. The molecule has 0 radical (unpaired) electrons. The molecule has 4 aromatic rings. The van der Waals surface area contributed by atoms with E-state index in [-0.39, 0.29) is 11.9 Å². The third-order valence-corrected chi connectivity index (χ3v) is 3.97. The molecule has 0 aliphatic carbocycles. The Morgan fingerprint density at radius 3 is 2.64 bits per heavy atom. The summed E-state index contributed by atoms with van der Waals surface area (Å²) in [7, 11) is 0. The molecular formula is C19H13N7O2. The Hall–Kier alpha value is -4.45. The smallest absolute Gasteiger partial charge is 0.260 e. The molecule has 4 N–H and O–H groups in total. The fraction of sp³-hybridized carbons (Fsp3) is 0. The molecule has 0 saturated heterocycles. The van der Waals surface area contributed by atoms with Crippen LogP contribution in [0.4, 0.5) is 11.9 Å². The van der Waals surface area contributed by atoms with Crippen LogP contribution in [0.25, 0.3) is 11.0 Å². The molecule has 9 nitrogen and oxygen atoms in total. The molecule has 0 fully saturated rings. The van der Waals surface area contributed by atoms with E-state index in [1.807, 2.05) is 6.07 Å². The van der Waals surface area contributed by atoms with Gasteiger partial charge >= 0.3 is 0 Å². The van der Waals surface area contributed by atoms with Crippen LogP contribution in [0.5, 0.6) is 0 Å². The maximum atomic E-state index is 12.5. The molecule has 0 saturated carbocycles. The quantitative estimate of drug-likeness (QED) is 0.437. The summed E-state index contributed by atoms with van der Waals surface area (Å²) in [6.45, 7) is 0. The van der Waals surface area contributed by atoms with Gasteiger partial charge in [-0.1, -0.05) is 12.1 Å². The van der Waals surface area contributed by atoms with Gasteiger partial charge in [0.05, 0.1) is 22.7 Å². The van der Waals surface area contributed by atoms with Gasteiger partial charge < -0.3 is 9.97 Å². The van der Waals surface area contributed by atoms with E-state index in [1.54, 1.807) is 42.6 Å². The lowest BCUT2D eigenvalue weighted by Crippen LogP contribution is -2.14. The lowest BCUT2D eigenvalue weighted by atomic mass is 10.1. The van der Waals surface area contributed by atoms with Crippen molar-refractivity contribution in [1.82, 2.24) is 19.9 Å². The van der Waals surface area contributed by atoms with Crippen LogP contribution in [0.15, 0.2) is 54.9 Å². The molecule has 2 amide bonds. The highest BCUT2D eigenvalue weighted by molar-refractivity contribution is 6.11. The summed E-state index contributed by atoms with van der Waals surface area (Å²) in [4.78, 5) is 39.0. The number of fused-ring (bicyclic) bond motifs is 1. The van der Waals surface area contributed by atoms with Crippen molar-refractivity contribution in [3.05, 3.63) is 71.5 Å². The van der Waals surface area contributed by atoms with Crippen molar-refractivity contribution in [2.24, 2.45) is 0 Å². The Morgan fingerprint density at radius 1 is 1.04 bits per heavy atom. The summed E-state index contributed by atoms with van der Waals surface area (Å²) >= 11 is 0. The Labute approximate surface area is 158 Å². The number of anilines is 2. The van der Waals surface area contributed by atoms with Crippen molar-refractivity contribution in [3.8, 4) is 6.07 Å².